The SMILES string of the molecule is N#C[C@H](NC(c1ccccc1)c1ccccc1)c1ccccc1[N+](=O)[O-]. The fourth-order valence-corrected chi connectivity index (χ4v) is 2.94. The largest absolute Gasteiger partial charge is 0.287 e. The number of nitro benzene ring substituents is 1. The van der Waals surface area contributed by atoms with E-state index in [0.717, 1.165) is 11.1 Å². The van der Waals surface area contributed by atoms with E-state index in [1.165, 1.54) is 6.07 Å². The summed E-state index contributed by atoms with van der Waals surface area (Å²) in [6.07, 6.45) is 0. The second-order valence-corrected chi connectivity index (χ2v) is 5.80. The van der Waals surface area contributed by atoms with Crippen molar-refractivity contribution in [1.29, 1.82) is 5.26 Å². The molecule has 0 saturated heterocycles. The van der Waals surface area contributed by atoms with Crippen LogP contribution in [0.25, 0.3) is 0 Å². The van der Waals surface area contributed by atoms with Gasteiger partial charge < -0.3 is 0 Å². The first-order valence-corrected chi connectivity index (χ1v) is 8.19. The van der Waals surface area contributed by atoms with Crippen LogP contribution in [0.3, 0.4) is 0 Å². The monoisotopic (exact) mass is 343 g/mol. The molecule has 0 aliphatic heterocycles. The molecule has 0 bridgehead atoms. The number of nitro groups is 1. The highest BCUT2D eigenvalue weighted by atomic mass is 16.6. The summed E-state index contributed by atoms with van der Waals surface area (Å²) in [6, 6.07) is 26.9. The molecule has 3 aromatic carbocycles. The minimum absolute atomic E-state index is 0.0635. The summed E-state index contributed by atoms with van der Waals surface area (Å²) in [7, 11) is 0. The quantitative estimate of drug-likeness (QED) is 0.526. The van der Waals surface area contributed by atoms with E-state index in [0.29, 0.717) is 5.56 Å². The third kappa shape index (κ3) is 3.77. The number of nitrogens with one attached hydrogen (secondary N) is 1. The second-order valence-electron chi connectivity index (χ2n) is 5.80. The molecule has 3 aromatic rings. The Balaban J connectivity index is 2.01. The fraction of sp³-hybridized carbons (Fsp3) is 0.0952. The van der Waals surface area contributed by atoms with E-state index in [-0.39, 0.29) is 11.7 Å². The Kier molecular flexibility index (Phi) is 5.37. The van der Waals surface area contributed by atoms with Crippen molar-refractivity contribution in [3.63, 3.8) is 0 Å². The van der Waals surface area contributed by atoms with Gasteiger partial charge in [-0.15, -0.1) is 0 Å². The Bertz CT molecular complexity index is 881. The van der Waals surface area contributed by atoms with Gasteiger partial charge in [0.05, 0.1) is 22.6 Å². The van der Waals surface area contributed by atoms with Gasteiger partial charge in [-0.2, -0.15) is 5.26 Å². The van der Waals surface area contributed by atoms with Crippen LogP contribution < -0.4 is 5.32 Å². The molecule has 0 aliphatic carbocycles. The van der Waals surface area contributed by atoms with Crippen LogP contribution in [0.15, 0.2) is 84.9 Å². The number of rotatable bonds is 6. The highest BCUT2D eigenvalue weighted by molar-refractivity contribution is 5.45. The average molecular weight is 343 g/mol. The van der Waals surface area contributed by atoms with Gasteiger partial charge >= 0.3 is 0 Å². The topological polar surface area (TPSA) is 79.0 Å². The van der Waals surface area contributed by atoms with Crippen LogP contribution in [0.1, 0.15) is 28.8 Å². The van der Waals surface area contributed by atoms with E-state index >= 15 is 0 Å². The predicted octanol–water partition coefficient (Wildman–Crippen LogP) is 4.54. The van der Waals surface area contributed by atoms with Crippen molar-refractivity contribution in [2.45, 2.75) is 12.1 Å². The molecule has 26 heavy (non-hydrogen) atoms. The van der Waals surface area contributed by atoms with Crippen molar-refractivity contribution in [2.75, 3.05) is 0 Å². The lowest BCUT2D eigenvalue weighted by molar-refractivity contribution is -0.385. The molecule has 0 spiro atoms. The van der Waals surface area contributed by atoms with Gasteiger partial charge in [0, 0.05) is 6.07 Å². The van der Waals surface area contributed by atoms with E-state index in [2.05, 4.69) is 11.4 Å². The summed E-state index contributed by atoms with van der Waals surface area (Å²) in [5, 5.41) is 24.3. The van der Waals surface area contributed by atoms with Crippen LogP contribution in [0.2, 0.25) is 0 Å². The third-order valence-corrected chi connectivity index (χ3v) is 4.17. The highest BCUT2D eigenvalue weighted by Gasteiger charge is 2.25. The lowest BCUT2D eigenvalue weighted by atomic mass is 9.96. The van der Waals surface area contributed by atoms with Crippen LogP contribution >= 0.6 is 0 Å². The van der Waals surface area contributed by atoms with Crippen LogP contribution in [-0.4, -0.2) is 4.92 Å². The molecule has 128 valence electrons. The Morgan fingerprint density at radius 1 is 0.846 bits per heavy atom. The average Bonchev–Trinajstić information content (AvgIpc) is 2.70. The minimum Gasteiger partial charge on any atom is -0.287 e. The van der Waals surface area contributed by atoms with Crippen molar-refractivity contribution in [2.24, 2.45) is 0 Å². The highest BCUT2D eigenvalue weighted by Crippen LogP contribution is 2.29. The molecule has 0 aromatic heterocycles. The Labute approximate surface area is 151 Å². The van der Waals surface area contributed by atoms with Crippen molar-refractivity contribution in [1.82, 2.24) is 5.32 Å². The van der Waals surface area contributed by atoms with Crippen LogP contribution in [0.5, 0.6) is 0 Å². The molecule has 5 heteroatoms. The first kappa shape index (κ1) is 17.3. The zero-order chi connectivity index (χ0) is 18.4. The van der Waals surface area contributed by atoms with E-state index in [4.69, 9.17) is 0 Å². The summed E-state index contributed by atoms with van der Waals surface area (Å²) in [5.41, 5.74) is 2.26. The number of para-hydroxylation sites is 1. The van der Waals surface area contributed by atoms with Crippen molar-refractivity contribution < 1.29 is 4.92 Å². The van der Waals surface area contributed by atoms with Gasteiger partial charge in [-0.05, 0) is 17.2 Å². The van der Waals surface area contributed by atoms with E-state index in [1.54, 1.807) is 18.2 Å². The van der Waals surface area contributed by atoms with Crippen LogP contribution in [0, 0.1) is 21.4 Å². The first-order chi connectivity index (χ1) is 12.7. The number of nitrogens with zero attached hydrogens (tertiary/aromatic N) is 2. The summed E-state index contributed by atoms with van der Waals surface area (Å²) < 4.78 is 0. The van der Waals surface area contributed by atoms with Crippen LogP contribution in [-0.2, 0) is 0 Å². The molecule has 0 heterocycles. The molecule has 1 N–H and O–H groups in total. The van der Waals surface area contributed by atoms with Gasteiger partial charge in [0.1, 0.15) is 6.04 Å². The van der Waals surface area contributed by atoms with Gasteiger partial charge in [0.15, 0.2) is 0 Å². The smallest absolute Gasteiger partial charge is 0.275 e. The maximum absolute atomic E-state index is 11.3. The summed E-state index contributed by atoms with van der Waals surface area (Å²) in [6.45, 7) is 0. The van der Waals surface area contributed by atoms with Crippen molar-refractivity contribution >= 4 is 5.69 Å². The molecular weight excluding hydrogens is 326 g/mol. The number of benzene rings is 3. The molecule has 0 unspecified atom stereocenters. The Hall–Kier alpha value is -3.49. The maximum atomic E-state index is 11.3. The number of hydrogen-bond acceptors (Lipinski definition) is 4. The molecule has 0 radical (unpaired) electrons. The molecular formula is C21H17N3O2. The van der Waals surface area contributed by atoms with Gasteiger partial charge in [0.2, 0.25) is 0 Å². The number of nitriles is 1. The molecule has 0 fully saturated rings. The molecule has 0 amide bonds. The number of hydrogen-bond donors (Lipinski definition) is 1. The summed E-state index contributed by atoms with van der Waals surface area (Å²) in [4.78, 5) is 10.9. The first-order valence-electron chi connectivity index (χ1n) is 8.19. The zero-order valence-corrected chi connectivity index (χ0v) is 13.9. The van der Waals surface area contributed by atoms with Crippen molar-refractivity contribution in [3.05, 3.63) is 112 Å². The maximum Gasteiger partial charge on any atom is 0.275 e. The summed E-state index contributed by atoms with van der Waals surface area (Å²) >= 11 is 0. The van der Waals surface area contributed by atoms with Gasteiger partial charge in [-0.25, -0.2) is 0 Å². The van der Waals surface area contributed by atoms with Crippen LogP contribution in [0.4, 0.5) is 5.69 Å². The molecule has 5 nitrogen and oxygen atoms in total. The van der Waals surface area contributed by atoms with Crippen molar-refractivity contribution in [3.8, 4) is 6.07 Å². The van der Waals surface area contributed by atoms with Gasteiger partial charge in [0.25, 0.3) is 5.69 Å². The van der Waals surface area contributed by atoms with E-state index in [9.17, 15) is 15.4 Å². The molecule has 0 saturated carbocycles. The molecule has 3 rings (SSSR count). The van der Waals surface area contributed by atoms with E-state index in [1.807, 2.05) is 60.7 Å². The second kappa shape index (κ2) is 8.06. The van der Waals surface area contributed by atoms with Gasteiger partial charge in [-0.3, -0.25) is 15.4 Å². The minimum atomic E-state index is -0.818. The predicted molar refractivity (Wildman–Crippen MR) is 99.3 cm³/mol. The molecule has 1 atom stereocenters. The zero-order valence-electron chi connectivity index (χ0n) is 13.9. The fourth-order valence-electron chi connectivity index (χ4n) is 2.94. The lowest BCUT2D eigenvalue weighted by Gasteiger charge is -2.23. The molecule has 0 aliphatic rings. The Morgan fingerprint density at radius 2 is 1.35 bits per heavy atom. The standard InChI is InChI=1S/C21H17N3O2/c22-15-19(18-13-7-8-14-20(18)24(25)26)23-21(16-9-3-1-4-10-16)17-11-5-2-6-12-17/h1-14,19,21,23H/t19-/m0/s1. The van der Waals surface area contributed by atoms with Gasteiger partial charge in [-0.1, -0.05) is 72.8 Å². The Morgan fingerprint density at radius 3 is 1.85 bits per heavy atom. The summed E-state index contributed by atoms with van der Waals surface area (Å²) in [5.74, 6) is 0. The van der Waals surface area contributed by atoms with E-state index < -0.39 is 11.0 Å². The lowest BCUT2D eigenvalue weighted by Crippen LogP contribution is -2.27. The normalized spacial score (nSPS) is 11.7. The third-order valence-electron chi connectivity index (χ3n) is 4.17.